The molecule has 0 unspecified atom stereocenters. The summed E-state index contributed by atoms with van der Waals surface area (Å²) in [5, 5.41) is 14.4. The number of rotatable bonds is 8. The van der Waals surface area contributed by atoms with Gasteiger partial charge in [0.15, 0.2) is 0 Å². The Morgan fingerprint density at radius 2 is 2.03 bits per heavy atom. The Kier molecular flexibility index (Phi) is 8.19. The lowest BCUT2D eigenvalue weighted by Gasteiger charge is -2.10. The maximum absolute atomic E-state index is 13.2. The molecular weight excluding hydrogens is 397 g/mol. The van der Waals surface area contributed by atoms with E-state index in [9.17, 15) is 19.2 Å². The van der Waals surface area contributed by atoms with Crippen LogP contribution in [0.15, 0.2) is 54.2 Å². The number of carbonyl (C=O) groups excluding carboxylic acids is 2. The second kappa shape index (κ2) is 10.8. The van der Waals surface area contributed by atoms with Crippen molar-refractivity contribution >= 4 is 34.9 Å². The molecule has 8 heteroatoms. The van der Waals surface area contributed by atoms with Gasteiger partial charge < -0.3 is 15.4 Å². The lowest BCUT2D eigenvalue weighted by molar-refractivity contribution is -0.112. The van der Waals surface area contributed by atoms with Crippen LogP contribution in [0, 0.1) is 17.1 Å². The molecule has 0 fully saturated rings. The molecule has 2 N–H and O–H groups in total. The molecule has 0 aliphatic heterocycles. The minimum atomic E-state index is -0.720. The number of nitrogens with zero attached hydrogens (tertiary/aromatic N) is 1. The number of para-hydroxylation sites is 1. The van der Waals surface area contributed by atoms with Crippen LogP contribution in [0.2, 0.25) is 5.02 Å². The highest BCUT2D eigenvalue weighted by atomic mass is 35.5. The molecule has 0 atom stereocenters. The molecule has 0 heterocycles. The van der Waals surface area contributed by atoms with Crippen molar-refractivity contribution in [3.05, 3.63) is 70.6 Å². The average molecular weight is 416 g/mol. The zero-order valence-electron chi connectivity index (χ0n) is 15.7. The van der Waals surface area contributed by atoms with Crippen LogP contribution in [0.1, 0.15) is 30.1 Å². The van der Waals surface area contributed by atoms with Crippen LogP contribution in [-0.4, -0.2) is 18.5 Å². The minimum Gasteiger partial charge on any atom is -0.462 e. The highest BCUT2D eigenvalue weighted by Crippen LogP contribution is 2.20. The Bertz CT molecular complexity index is 970. The van der Waals surface area contributed by atoms with E-state index >= 15 is 0 Å². The van der Waals surface area contributed by atoms with Crippen LogP contribution in [0.5, 0.6) is 0 Å². The van der Waals surface area contributed by atoms with E-state index < -0.39 is 17.7 Å². The average Bonchev–Trinajstić information content (AvgIpc) is 2.71. The van der Waals surface area contributed by atoms with E-state index in [-0.39, 0.29) is 28.5 Å². The summed E-state index contributed by atoms with van der Waals surface area (Å²) in [7, 11) is 0. The van der Waals surface area contributed by atoms with Crippen LogP contribution < -0.4 is 10.6 Å². The van der Waals surface area contributed by atoms with Gasteiger partial charge in [0.2, 0.25) is 0 Å². The molecule has 0 spiro atoms. The van der Waals surface area contributed by atoms with Crippen molar-refractivity contribution in [2.75, 3.05) is 17.2 Å². The van der Waals surface area contributed by atoms with Crippen molar-refractivity contribution in [3.8, 4) is 6.07 Å². The third kappa shape index (κ3) is 6.33. The number of halogens is 2. The summed E-state index contributed by atoms with van der Waals surface area (Å²) in [5.74, 6) is -1.86. The Morgan fingerprint density at radius 1 is 1.28 bits per heavy atom. The van der Waals surface area contributed by atoms with Gasteiger partial charge in [0, 0.05) is 11.9 Å². The molecular formula is C21H19ClFN3O3. The Balaban J connectivity index is 2.12. The second-order valence-corrected chi connectivity index (χ2v) is 6.34. The topological polar surface area (TPSA) is 91.2 Å². The Morgan fingerprint density at radius 3 is 2.72 bits per heavy atom. The largest absolute Gasteiger partial charge is 0.462 e. The maximum Gasteiger partial charge on any atom is 0.340 e. The van der Waals surface area contributed by atoms with Gasteiger partial charge >= 0.3 is 5.97 Å². The summed E-state index contributed by atoms with van der Waals surface area (Å²) in [6, 6.07) is 12.0. The zero-order valence-corrected chi connectivity index (χ0v) is 16.4. The van der Waals surface area contributed by atoms with Gasteiger partial charge in [0.1, 0.15) is 17.5 Å². The number of amides is 1. The SMILES string of the molecule is CCCCOC(=O)c1ccccc1NC(=O)/C(C#N)=C\Nc1ccc(F)c(Cl)c1. The van der Waals surface area contributed by atoms with Crippen molar-refractivity contribution in [1.82, 2.24) is 0 Å². The van der Waals surface area contributed by atoms with E-state index in [1.54, 1.807) is 18.2 Å². The third-order valence-electron chi connectivity index (χ3n) is 3.79. The Labute approximate surface area is 172 Å². The molecule has 29 heavy (non-hydrogen) atoms. The highest BCUT2D eigenvalue weighted by molar-refractivity contribution is 6.31. The monoisotopic (exact) mass is 415 g/mol. The van der Waals surface area contributed by atoms with E-state index in [2.05, 4.69) is 10.6 Å². The fourth-order valence-corrected chi connectivity index (χ4v) is 2.42. The number of esters is 1. The maximum atomic E-state index is 13.2. The molecule has 2 rings (SSSR count). The predicted octanol–water partition coefficient (Wildman–Crippen LogP) is 4.89. The molecule has 0 bridgehead atoms. The van der Waals surface area contributed by atoms with Crippen LogP contribution >= 0.6 is 11.6 Å². The molecule has 0 aromatic heterocycles. The molecule has 0 saturated carbocycles. The lowest BCUT2D eigenvalue weighted by atomic mass is 10.1. The number of hydrogen-bond donors (Lipinski definition) is 2. The smallest absolute Gasteiger partial charge is 0.340 e. The molecule has 0 saturated heterocycles. The lowest BCUT2D eigenvalue weighted by Crippen LogP contribution is -2.18. The number of nitrogens with one attached hydrogen (secondary N) is 2. The van der Waals surface area contributed by atoms with E-state index in [1.807, 2.05) is 6.92 Å². The van der Waals surface area contributed by atoms with E-state index in [0.29, 0.717) is 5.69 Å². The Hall–Kier alpha value is -3.37. The fourth-order valence-electron chi connectivity index (χ4n) is 2.24. The number of unbranched alkanes of at least 4 members (excludes halogenated alkanes) is 1. The summed E-state index contributed by atoms with van der Waals surface area (Å²) in [6.07, 6.45) is 2.79. The van der Waals surface area contributed by atoms with Crippen LogP contribution in [-0.2, 0) is 9.53 Å². The first kappa shape index (κ1) is 21.9. The standard InChI is InChI=1S/C21H19ClFN3O3/c1-2-3-10-29-21(28)16-6-4-5-7-19(16)26-20(27)14(12-24)13-25-15-8-9-18(23)17(22)11-15/h4-9,11,13,25H,2-3,10H2,1H3,(H,26,27)/b14-13-. The van der Waals surface area contributed by atoms with Crippen molar-refractivity contribution < 1.29 is 18.7 Å². The quantitative estimate of drug-likeness (QED) is 0.277. The van der Waals surface area contributed by atoms with Crippen LogP contribution in [0.3, 0.4) is 0 Å². The summed E-state index contributed by atoms with van der Waals surface area (Å²) in [6.45, 7) is 2.26. The van der Waals surface area contributed by atoms with E-state index in [1.165, 1.54) is 30.5 Å². The molecule has 2 aromatic rings. The number of carbonyl (C=O) groups is 2. The van der Waals surface area contributed by atoms with Gasteiger partial charge in [-0.1, -0.05) is 37.1 Å². The predicted molar refractivity (Wildman–Crippen MR) is 109 cm³/mol. The molecule has 0 aliphatic rings. The van der Waals surface area contributed by atoms with Gasteiger partial charge in [0.05, 0.1) is 22.9 Å². The highest BCUT2D eigenvalue weighted by Gasteiger charge is 2.16. The van der Waals surface area contributed by atoms with Gasteiger partial charge in [0.25, 0.3) is 5.91 Å². The molecule has 0 radical (unpaired) electrons. The fraction of sp³-hybridized carbons (Fsp3) is 0.190. The summed E-state index contributed by atoms with van der Waals surface area (Å²) in [5.41, 5.74) is 0.564. The molecule has 6 nitrogen and oxygen atoms in total. The van der Waals surface area contributed by atoms with Gasteiger partial charge in [-0.25, -0.2) is 9.18 Å². The van der Waals surface area contributed by atoms with Crippen LogP contribution in [0.25, 0.3) is 0 Å². The van der Waals surface area contributed by atoms with E-state index in [4.69, 9.17) is 16.3 Å². The first-order chi connectivity index (χ1) is 14.0. The normalized spacial score (nSPS) is 10.8. The van der Waals surface area contributed by atoms with Crippen molar-refractivity contribution in [1.29, 1.82) is 5.26 Å². The summed E-state index contributed by atoms with van der Waals surface area (Å²) >= 11 is 5.70. The summed E-state index contributed by atoms with van der Waals surface area (Å²) < 4.78 is 18.4. The third-order valence-corrected chi connectivity index (χ3v) is 4.08. The molecule has 150 valence electrons. The number of nitriles is 1. The van der Waals surface area contributed by atoms with Crippen molar-refractivity contribution in [2.24, 2.45) is 0 Å². The number of ether oxygens (including phenoxy) is 1. The number of hydrogen-bond acceptors (Lipinski definition) is 5. The molecule has 1 amide bonds. The minimum absolute atomic E-state index is 0.0955. The van der Waals surface area contributed by atoms with Gasteiger partial charge in [-0.05, 0) is 36.8 Å². The number of benzene rings is 2. The second-order valence-electron chi connectivity index (χ2n) is 5.93. The van der Waals surface area contributed by atoms with Crippen molar-refractivity contribution in [2.45, 2.75) is 19.8 Å². The summed E-state index contributed by atoms with van der Waals surface area (Å²) in [4.78, 5) is 24.7. The van der Waals surface area contributed by atoms with Crippen LogP contribution in [0.4, 0.5) is 15.8 Å². The van der Waals surface area contributed by atoms with Gasteiger partial charge in [-0.2, -0.15) is 5.26 Å². The first-order valence-corrected chi connectivity index (χ1v) is 9.23. The first-order valence-electron chi connectivity index (χ1n) is 8.85. The molecule has 0 aliphatic carbocycles. The zero-order chi connectivity index (χ0) is 21.2. The van der Waals surface area contributed by atoms with Gasteiger partial charge in [-0.15, -0.1) is 0 Å². The van der Waals surface area contributed by atoms with Gasteiger partial charge in [-0.3, -0.25) is 4.79 Å². The number of anilines is 2. The molecule has 2 aromatic carbocycles. The van der Waals surface area contributed by atoms with Crippen molar-refractivity contribution in [3.63, 3.8) is 0 Å². The van der Waals surface area contributed by atoms with E-state index in [0.717, 1.165) is 18.9 Å².